The Balaban J connectivity index is 1.86. The van der Waals surface area contributed by atoms with Gasteiger partial charge in [-0.25, -0.2) is 0 Å². The maximum Gasteiger partial charge on any atom is 0.363 e. The molecule has 1 saturated heterocycles. The third kappa shape index (κ3) is 1.90. The number of nitrogens with one attached hydrogen (secondary N) is 1. The smallest absolute Gasteiger partial charge is 0.363 e. The fraction of sp³-hybridized carbons (Fsp3) is 0.625. The molecule has 1 aliphatic carbocycles. The van der Waals surface area contributed by atoms with Crippen molar-refractivity contribution in [3.63, 3.8) is 0 Å². The Labute approximate surface area is 134 Å². The Hall–Kier alpha value is -1.51. The van der Waals surface area contributed by atoms with E-state index < -0.39 is 5.54 Å². The van der Waals surface area contributed by atoms with E-state index >= 15 is 0 Å². The Kier molecular flexibility index (Phi) is 3.39. The number of fused-ring (bicyclic) bond motifs is 2. The third-order valence-corrected chi connectivity index (χ3v) is 5.67. The summed E-state index contributed by atoms with van der Waals surface area (Å²) >= 11 is 6.17. The number of diazo groups is 1. The first-order chi connectivity index (χ1) is 10.8. The van der Waals surface area contributed by atoms with Gasteiger partial charge in [0.15, 0.2) is 11.5 Å². The van der Waals surface area contributed by atoms with Crippen molar-refractivity contribution in [3.8, 4) is 11.5 Å². The van der Waals surface area contributed by atoms with E-state index in [-0.39, 0.29) is 12.8 Å². The molecule has 4 rings (SSSR count). The molecule has 0 spiro atoms. The maximum atomic E-state index is 9.98. The summed E-state index contributed by atoms with van der Waals surface area (Å²) in [5, 5.41) is 13.5. The molecular formula is C16H19ClN3O2+. The molecule has 2 heterocycles. The van der Waals surface area contributed by atoms with Crippen molar-refractivity contribution in [2.24, 2.45) is 5.92 Å². The Morgan fingerprint density at radius 3 is 2.91 bits per heavy atom. The minimum atomic E-state index is -0.634. The lowest BCUT2D eigenvalue weighted by Gasteiger charge is -2.33. The van der Waals surface area contributed by atoms with Crippen molar-refractivity contribution in [3.05, 3.63) is 28.2 Å². The van der Waals surface area contributed by atoms with Crippen molar-refractivity contribution in [1.29, 1.82) is 5.39 Å². The van der Waals surface area contributed by atoms with E-state index in [1.54, 1.807) is 0 Å². The Morgan fingerprint density at radius 1 is 1.32 bits per heavy atom. The van der Waals surface area contributed by atoms with Crippen LogP contribution in [0.2, 0.25) is 0 Å². The van der Waals surface area contributed by atoms with Gasteiger partial charge in [0.2, 0.25) is 12.2 Å². The van der Waals surface area contributed by atoms with Crippen LogP contribution in [-0.2, 0) is 11.4 Å². The molecule has 0 unspecified atom stereocenters. The summed E-state index contributed by atoms with van der Waals surface area (Å²) in [6.07, 6.45) is 4.21. The van der Waals surface area contributed by atoms with E-state index in [0.717, 1.165) is 42.7 Å². The SMILES string of the molecule is N#[N+][C@]1(c2cc3c(cc2CCl)OCO3)CCC[C@@H]2CCN[C@@H]21. The summed E-state index contributed by atoms with van der Waals surface area (Å²) in [4.78, 5) is 3.91. The Bertz CT molecular complexity index is 645. The Morgan fingerprint density at radius 2 is 2.14 bits per heavy atom. The van der Waals surface area contributed by atoms with Gasteiger partial charge in [-0.05, 0) is 49.4 Å². The van der Waals surface area contributed by atoms with Gasteiger partial charge in [-0.1, -0.05) is 0 Å². The quantitative estimate of drug-likeness (QED) is 0.670. The van der Waals surface area contributed by atoms with Gasteiger partial charge in [0, 0.05) is 12.3 Å². The van der Waals surface area contributed by atoms with Gasteiger partial charge in [-0.2, -0.15) is 0 Å². The zero-order chi connectivity index (χ0) is 15.2. The van der Waals surface area contributed by atoms with E-state index in [2.05, 4.69) is 10.3 Å². The molecule has 1 N–H and O–H groups in total. The van der Waals surface area contributed by atoms with Crippen LogP contribution >= 0.6 is 11.6 Å². The van der Waals surface area contributed by atoms with Crippen LogP contribution in [0.25, 0.3) is 4.98 Å². The number of hydrogen-bond donors (Lipinski definition) is 1. The van der Waals surface area contributed by atoms with Gasteiger partial charge in [0.05, 0.1) is 5.56 Å². The van der Waals surface area contributed by atoms with Crippen LogP contribution in [0.1, 0.15) is 36.8 Å². The molecule has 5 nitrogen and oxygen atoms in total. The second kappa shape index (κ2) is 5.29. The molecule has 22 heavy (non-hydrogen) atoms. The van der Waals surface area contributed by atoms with Crippen molar-refractivity contribution >= 4 is 11.6 Å². The average molecular weight is 321 g/mol. The molecule has 1 aromatic rings. The molecule has 1 saturated carbocycles. The van der Waals surface area contributed by atoms with E-state index in [4.69, 9.17) is 21.1 Å². The van der Waals surface area contributed by atoms with Crippen LogP contribution in [0, 0.1) is 11.3 Å². The largest absolute Gasteiger partial charge is 0.454 e. The predicted molar refractivity (Wildman–Crippen MR) is 82.6 cm³/mol. The maximum absolute atomic E-state index is 9.98. The normalized spacial score (nSPS) is 32.5. The molecule has 0 radical (unpaired) electrons. The summed E-state index contributed by atoms with van der Waals surface area (Å²) in [6, 6.07) is 4.05. The number of hydrogen-bond acceptors (Lipinski definition) is 4. The van der Waals surface area contributed by atoms with Crippen molar-refractivity contribution in [2.45, 2.75) is 43.1 Å². The predicted octanol–water partition coefficient (Wildman–Crippen LogP) is 3.36. The first-order valence-electron chi connectivity index (χ1n) is 7.87. The highest BCUT2D eigenvalue weighted by Gasteiger charge is 2.60. The molecule has 116 valence electrons. The van der Waals surface area contributed by atoms with Gasteiger partial charge in [0.1, 0.15) is 11.0 Å². The number of alkyl halides is 1. The van der Waals surface area contributed by atoms with E-state index in [1.807, 2.05) is 12.1 Å². The summed E-state index contributed by atoms with van der Waals surface area (Å²) in [5.41, 5.74) is 1.29. The fourth-order valence-corrected chi connectivity index (χ4v) is 4.60. The van der Waals surface area contributed by atoms with Crippen LogP contribution in [-0.4, -0.2) is 19.4 Å². The molecule has 0 bridgehead atoms. The molecule has 2 aliphatic heterocycles. The average Bonchev–Trinajstić information content (AvgIpc) is 3.21. The molecule has 3 atom stereocenters. The molecule has 6 heteroatoms. The highest BCUT2D eigenvalue weighted by Crippen LogP contribution is 2.50. The number of nitrogens with zero attached hydrogens (tertiary/aromatic N) is 2. The van der Waals surface area contributed by atoms with Crippen LogP contribution in [0.3, 0.4) is 0 Å². The molecular weight excluding hydrogens is 302 g/mol. The van der Waals surface area contributed by atoms with Gasteiger partial charge in [0.25, 0.3) is 0 Å². The van der Waals surface area contributed by atoms with Gasteiger partial charge in [-0.3, -0.25) is 0 Å². The monoisotopic (exact) mass is 320 g/mol. The minimum absolute atomic E-state index is 0.161. The summed E-state index contributed by atoms with van der Waals surface area (Å²) in [5.74, 6) is 2.35. The molecule has 0 amide bonds. The fourth-order valence-electron chi connectivity index (χ4n) is 4.38. The van der Waals surface area contributed by atoms with Crippen LogP contribution in [0.4, 0.5) is 0 Å². The number of ether oxygens (including phenoxy) is 2. The van der Waals surface area contributed by atoms with E-state index in [9.17, 15) is 5.39 Å². The third-order valence-electron chi connectivity index (χ3n) is 5.39. The van der Waals surface area contributed by atoms with Crippen molar-refractivity contribution in [2.75, 3.05) is 13.3 Å². The molecule has 2 fully saturated rings. The lowest BCUT2D eigenvalue weighted by molar-refractivity contribution is 0.173. The standard InChI is InChI=1S/C16H19ClN3O2/c17-8-11-6-13-14(22-9-21-13)7-12(11)16(20-18)4-1-2-10-3-5-19-15(10)16/h6-7,10,15,19H,1-5,8-9H2/q+1/t10-,15+,16+/m1/s1. The second-order valence-electron chi connectivity index (χ2n) is 6.39. The van der Waals surface area contributed by atoms with Gasteiger partial charge < -0.3 is 14.8 Å². The van der Waals surface area contributed by atoms with Crippen molar-refractivity contribution < 1.29 is 9.47 Å². The minimum Gasteiger partial charge on any atom is -0.454 e. The summed E-state index contributed by atoms with van der Waals surface area (Å²) in [6.45, 7) is 1.21. The first kappa shape index (κ1) is 14.1. The van der Waals surface area contributed by atoms with Gasteiger partial charge in [-0.15, -0.1) is 11.6 Å². The van der Waals surface area contributed by atoms with Gasteiger partial charge >= 0.3 is 5.54 Å². The van der Waals surface area contributed by atoms with Crippen LogP contribution in [0.15, 0.2) is 12.1 Å². The first-order valence-corrected chi connectivity index (χ1v) is 8.40. The number of benzene rings is 1. The summed E-state index contributed by atoms with van der Waals surface area (Å²) in [7, 11) is 0. The zero-order valence-electron chi connectivity index (χ0n) is 12.3. The van der Waals surface area contributed by atoms with Crippen molar-refractivity contribution in [1.82, 2.24) is 5.32 Å². The molecule has 0 aromatic heterocycles. The van der Waals surface area contributed by atoms with E-state index in [0.29, 0.717) is 17.5 Å². The number of rotatable bonds is 2. The van der Waals surface area contributed by atoms with E-state index in [1.165, 1.54) is 6.42 Å². The van der Waals surface area contributed by atoms with Crippen LogP contribution in [0.5, 0.6) is 11.5 Å². The lowest BCUT2D eigenvalue weighted by Crippen LogP contribution is -2.49. The topological polar surface area (TPSA) is 58.6 Å². The molecule has 3 aliphatic rings. The zero-order valence-corrected chi connectivity index (χ0v) is 13.1. The highest BCUT2D eigenvalue weighted by atomic mass is 35.5. The number of halogens is 1. The lowest BCUT2D eigenvalue weighted by atomic mass is 9.68. The molecule has 1 aromatic carbocycles. The highest BCUT2D eigenvalue weighted by molar-refractivity contribution is 6.17. The second-order valence-corrected chi connectivity index (χ2v) is 6.66. The van der Waals surface area contributed by atoms with Crippen LogP contribution < -0.4 is 14.8 Å². The summed E-state index contributed by atoms with van der Waals surface area (Å²) < 4.78 is 11.0.